The number of aryl methyl sites for hydroxylation is 1. The second-order valence-corrected chi connectivity index (χ2v) is 5.42. The first-order valence-electron chi connectivity index (χ1n) is 7.17. The largest absolute Gasteiger partial charge is 0.350 e. The zero-order valence-corrected chi connectivity index (χ0v) is 11.4. The van der Waals surface area contributed by atoms with Gasteiger partial charge in [0.15, 0.2) is 0 Å². The van der Waals surface area contributed by atoms with Crippen molar-refractivity contribution >= 4 is 17.5 Å². The smallest absolute Gasteiger partial charge is 0.251 e. The average molecular weight is 273 g/mol. The van der Waals surface area contributed by atoms with Crippen LogP contribution in [0, 0.1) is 0 Å². The Bertz CT molecular complexity index is 536. The predicted octanol–water partition coefficient (Wildman–Crippen LogP) is 1.05. The number of carbonyl (C=O) groups excluding carboxylic acids is 2. The monoisotopic (exact) mass is 273 g/mol. The molecule has 2 aliphatic heterocycles. The molecule has 0 radical (unpaired) electrons. The summed E-state index contributed by atoms with van der Waals surface area (Å²) in [5.74, 6) is 0.000379. The molecular formula is C15H19N3O2. The van der Waals surface area contributed by atoms with Crippen LogP contribution in [0.1, 0.15) is 35.2 Å². The van der Waals surface area contributed by atoms with Crippen molar-refractivity contribution < 1.29 is 9.59 Å². The molecule has 106 valence electrons. The standard InChI is InChI=1S/C15H19N3O2/c19-14-6-4-10-8-11(3-5-13(10)18-14)15(20)17-9-12-2-1-7-16-12/h3,5,8,12,16H,1-2,4,6-7,9H2,(H,17,20)(H,18,19). The first-order chi connectivity index (χ1) is 9.72. The summed E-state index contributed by atoms with van der Waals surface area (Å²) in [4.78, 5) is 23.4. The number of nitrogens with one attached hydrogen (secondary N) is 3. The fraction of sp³-hybridized carbons (Fsp3) is 0.467. The van der Waals surface area contributed by atoms with Gasteiger partial charge in [-0.2, -0.15) is 0 Å². The molecule has 1 aromatic rings. The lowest BCUT2D eigenvalue weighted by Crippen LogP contribution is -2.37. The van der Waals surface area contributed by atoms with Crippen LogP contribution >= 0.6 is 0 Å². The number of rotatable bonds is 3. The summed E-state index contributed by atoms with van der Waals surface area (Å²) in [6, 6.07) is 5.86. The predicted molar refractivity (Wildman–Crippen MR) is 76.8 cm³/mol. The highest BCUT2D eigenvalue weighted by Crippen LogP contribution is 2.23. The molecule has 0 aromatic heterocycles. The van der Waals surface area contributed by atoms with E-state index in [1.54, 1.807) is 6.07 Å². The first kappa shape index (κ1) is 13.1. The van der Waals surface area contributed by atoms with E-state index in [-0.39, 0.29) is 11.8 Å². The fourth-order valence-electron chi connectivity index (χ4n) is 2.77. The van der Waals surface area contributed by atoms with Gasteiger partial charge in [0.1, 0.15) is 0 Å². The number of fused-ring (bicyclic) bond motifs is 1. The molecule has 1 fully saturated rings. The van der Waals surface area contributed by atoms with Gasteiger partial charge in [-0.1, -0.05) is 0 Å². The molecule has 20 heavy (non-hydrogen) atoms. The second kappa shape index (κ2) is 5.63. The molecule has 0 bridgehead atoms. The quantitative estimate of drug-likeness (QED) is 0.771. The van der Waals surface area contributed by atoms with Crippen molar-refractivity contribution in [2.24, 2.45) is 0 Å². The van der Waals surface area contributed by atoms with E-state index in [1.807, 2.05) is 12.1 Å². The third-order valence-electron chi connectivity index (χ3n) is 3.93. The van der Waals surface area contributed by atoms with E-state index in [2.05, 4.69) is 16.0 Å². The molecule has 0 saturated carbocycles. The van der Waals surface area contributed by atoms with Gasteiger partial charge in [-0.05, 0) is 49.6 Å². The van der Waals surface area contributed by atoms with E-state index in [1.165, 1.54) is 6.42 Å². The van der Waals surface area contributed by atoms with Crippen LogP contribution in [0.25, 0.3) is 0 Å². The SMILES string of the molecule is O=C1CCc2cc(C(=O)NCC3CCCN3)ccc2N1. The third-order valence-corrected chi connectivity index (χ3v) is 3.93. The van der Waals surface area contributed by atoms with Gasteiger partial charge in [0, 0.05) is 30.3 Å². The van der Waals surface area contributed by atoms with Gasteiger partial charge in [0.2, 0.25) is 5.91 Å². The summed E-state index contributed by atoms with van der Waals surface area (Å²) in [5, 5.41) is 9.15. The second-order valence-electron chi connectivity index (χ2n) is 5.42. The van der Waals surface area contributed by atoms with E-state index in [0.717, 1.165) is 24.2 Å². The zero-order chi connectivity index (χ0) is 13.9. The molecule has 2 aliphatic rings. The minimum absolute atomic E-state index is 0.0431. The van der Waals surface area contributed by atoms with Gasteiger partial charge in [0.05, 0.1) is 0 Å². The summed E-state index contributed by atoms with van der Waals surface area (Å²) in [6.07, 6.45) is 3.49. The third kappa shape index (κ3) is 2.82. The molecular weight excluding hydrogens is 254 g/mol. The summed E-state index contributed by atoms with van der Waals surface area (Å²) >= 11 is 0. The highest BCUT2D eigenvalue weighted by Gasteiger charge is 2.18. The molecule has 3 rings (SSSR count). The molecule has 0 spiro atoms. The van der Waals surface area contributed by atoms with Gasteiger partial charge >= 0.3 is 0 Å². The number of hydrogen-bond donors (Lipinski definition) is 3. The highest BCUT2D eigenvalue weighted by molar-refractivity contribution is 5.97. The molecule has 0 aliphatic carbocycles. The normalized spacial score (nSPS) is 21.2. The van der Waals surface area contributed by atoms with Crippen LogP contribution in [-0.4, -0.2) is 30.9 Å². The Morgan fingerprint density at radius 1 is 1.35 bits per heavy atom. The van der Waals surface area contributed by atoms with Crippen LogP contribution < -0.4 is 16.0 Å². The number of benzene rings is 1. The lowest BCUT2D eigenvalue weighted by atomic mass is 10.00. The molecule has 1 unspecified atom stereocenters. The summed E-state index contributed by atoms with van der Waals surface area (Å²) in [5.41, 5.74) is 2.53. The van der Waals surface area contributed by atoms with Crippen LogP contribution in [0.15, 0.2) is 18.2 Å². The van der Waals surface area contributed by atoms with Crippen molar-refractivity contribution in [2.45, 2.75) is 31.7 Å². The molecule has 5 heteroatoms. The maximum absolute atomic E-state index is 12.1. The Hall–Kier alpha value is -1.88. The maximum Gasteiger partial charge on any atom is 0.251 e. The van der Waals surface area contributed by atoms with Crippen molar-refractivity contribution in [1.82, 2.24) is 10.6 Å². The van der Waals surface area contributed by atoms with Gasteiger partial charge < -0.3 is 16.0 Å². The summed E-state index contributed by atoms with van der Waals surface area (Å²) in [7, 11) is 0. The van der Waals surface area contributed by atoms with E-state index in [9.17, 15) is 9.59 Å². The fourth-order valence-corrected chi connectivity index (χ4v) is 2.77. The Balaban J connectivity index is 1.64. The summed E-state index contributed by atoms with van der Waals surface area (Å²) < 4.78 is 0. The molecule has 2 amide bonds. The van der Waals surface area contributed by atoms with Gasteiger partial charge in [0.25, 0.3) is 5.91 Å². The van der Waals surface area contributed by atoms with Crippen molar-refractivity contribution in [3.05, 3.63) is 29.3 Å². The number of anilines is 1. The Morgan fingerprint density at radius 3 is 3.05 bits per heavy atom. The first-order valence-corrected chi connectivity index (χ1v) is 7.17. The number of hydrogen-bond acceptors (Lipinski definition) is 3. The van der Waals surface area contributed by atoms with Crippen molar-refractivity contribution in [3.63, 3.8) is 0 Å². The van der Waals surface area contributed by atoms with Gasteiger partial charge in [-0.25, -0.2) is 0 Å². The van der Waals surface area contributed by atoms with Crippen LogP contribution in [0.4, 0.5) is 5.69 Å². The Morgan fingerprint density at radius 2 is 2.25 bits per heavy atom. The molecule has 5 nitrogen and oxygen atoms in total. The molecule has 1 atom stereocenters. The van der Waals surface area contributed by atoms with Gasteiger partial charge in [-0.3, -0.25) is 9.59 Å². The van der Waals surface area contributed by atoms with E-state index in [0.29, 0.717) is 31.0 Å². The van der Waals surface area contributed by atoms with Gasteiger partial charge in [-0.15, -0.1) is 0 Å². The lowest BCUT2D eigenvalue weighted by Gasteiger charge is -2.18. The minimum Gasteiger partial charge on any atom is -0.350 e. The Labute approximate surface area is 118 Å². The highest BCUT2D eigenvalue weighted by atomic mass is 16.2. The summed E-state index contributed by atoms with van der Waals surface area (Å²) in [6.45, 7) is 1.71. The number of carbonyl (C=O) groups is 2. The van der Waals surface area contributed by atoms with Crippen molar-refractivity contribution in [1.29, 1.82) is 0 Å². The minimum atomic E-state index is -0.0431. The lowest BCUT2D eigenvalue weighted by molar-refractivity contribution is -0.116. The molecule has 1 aromatic carbocycles. The van der Waals surface area contributed by atoms with E-state index in [4.69, 9.17) is 0 Å². The van der Waals surface area contributed by atoms with E-state index < -0.39 is 0 Å². The average Bonchev–Trinajstić information content (AvgIpc) is 2.97. The topological polar surface area (TPSA) is 70.2 Å². The zero-order valence-electron chi connectivity index (χ0n) is 11.4. The van der Waals surface area contributed by atoms with Crippen LogP contribution in [0.3, 0.4) is 0 Å². The maximum atomic E-state index is 12.1. The Kier molecular flexibility index (Phi) is 3.69. The van der Waals surface area contributed by atoms with Crippen LogP contribution in [0.5, 0.6) is 0 Å². The van der Waals surface area contributed by atoms with Crippen LogP contribution in [0.2, 0.25) is 0 Å². The molecule has 2 heterocycles. The molecule has 1 saturated heterocycles. The van der Waals surface area contributed by atoms with E-state index >= 15 is 0 Å². The molecule has 3 N–H and O–H groups in total. The number of amides is 2. The van der Waals surface area contributed by atoms with Crippen LogP contribution in [-0.2, 0) is 11.2 Å². The van der Waals surface area contributed by atoms with Crippen molar-refractivity contribution in [2.75, 3.05) is 18.4 Å². The van der Waals surface area contributed by atoms with Crippen molar-refractivity contribution in [3.8, 4) is 0 Å².